The van der Waals surface area contributed by atoms with Gasteiger partial charge in [-0.25, -0.2) is 8.42 Å². The molecule has 1 saturated carbocycles. The van der Waals surface area contributed by atoms with Gasteiger partial charge in [0.05, 0.1) is 5.25 Å². The van der Waals surface area contributed by atoms with Crippen LogP contribution in [0.2, 0.25) is 0 Å². The molecule has 3 fully saturated rings. The summed E-state index contributed by atoms with van der Waals surface area (Å²) in [6.07, 6.45) is 7.89. The second-order valence-electron chi connectivity index (χ2n) is 7.52. The van der Waals surface area contributed by atoms with E-state index in [-0.39, 0.29) is 23.0 Å². The number of carbonyl (C=O) groups excluding carboxylic acids is 1. The summed E-state index contributed by atoms with van der Waals surface area (Å²) in [5.41, 5.74) is 0.969. The molecule has 0 bridgehead atoms. The number of hydrogen-bond donors (Lipinski definition) is 0. The number of pyridine rings is 1. The minimum atomic E-state index is -3.30. The molecule has 136 valence electrons. The van der Waals surface area contributed by atoms with Gasteiger partial charge in [0.25, 0.3) is 0 Å². The van der Waals surface area contributed by atoms with Crippen molar-refractivity contribution in [2.45, 2.75) is 43.9 Å². The Kier molecular flexibility index (Phi) is 4.54. The third-order valence-corrected chi connectivity index (χ3v) is 8.42. The van der Waals surface area contributed by atoms with Gasteiger partial charge in [-0.3, -0.25) is 9.78 Å². The van der Waals surface area contributed by atoms with E-state index in [1.165, 1.54) is 0 Å². The molecular formula is C18H25N3O3S. The second kappa shape index (κ2) is 6.68. The molecule has 6 nitrogen and oxygen atoms in total. The van der Waals surface area contributed by atoms with Crippen molar-refractivity contribution in [1.29, 1.82) is 0 Å². The summed E-state index contributed by atoms with van der Waals surface area (Å²) in [5, 5.41) is -0.339. The van der Waals surface area contributed by atoms with Crippen LogP contribution in [0.4, 0.5) is 0 Å². The van der Waals surface area contributed by atoms with Crippen molar-refractivity contribution < 1.29 is 13.2 Å². The fourth-order valence-corrected chi connectivity index (χ4v) is 6.50. The van der Waals surface area contributed by atoms with Crippen LogP contribution in [0.3, 0.4) is 0 Å². The van der Waals surface area contributed by atoms with Crippen molar-refractivity contribution >= 4 is 15.9 Å². The monoisotopic (exact) mass is 363 g/mol. The summed E-state index contributed by atoms with van der Waals surface area (Å²) in [6.45, 7) is 2.28. The Morgan fingerprint density at radius 2 is 1.84 bits per heavy atom. The van der Waals surface area contributed by atoms with Crippen molar-refractivity contribution in [2.24, 2.45) is 11.8 Å². The zero-order valence-corrected chi connectivity index (χ0v) is 15.2. The molecule has 3 heterocycles. The van der Waals surface area contributed by atoms with E-state index >= 15 is 0 Å². The highest BCUT2D eigenvalue weighted by Crippen LogP contribution is 2.36. The van der Waals surface area contributed by atoms with Gasteiger partial charge in [-0.05, 0) is 49.3 Å². The van der Waals surface area contributed by atoms with Crippen LogP contribution in [-0.2, 0) is 21.4 Å². The van der Waals surface area contributed by atoms with Crippen LogP contribution < -0.4 is 0 Å². The first-order valence-electron chi connectivity index (χ1n) is 9.22. The Hall–Kier alpha value is -1.47. The molecule has 0 N–H and O–H groups in total. The molecule has 2 atom stereocenters. The van der Waals surface area contributed by atoms with E-state index in [4.69, 9.17) is 0 Å². The molecule has 1 aliphatic carbocycles. The van der Waals surface area contributed by atoms with Crippen LogP contribution in [0.1, 0.15) is 37.7 Å². The van der Waals surface area contributed by atoms with E-state index in [1.54, 1.807) is 16.7 Å². The fourth-order valence-electron chi connectivity index (χ4n) is 4.28. The van der Waals surface area contributed by atoms with Crippen LogP contribution in [0.15, 0.2) is 24.5 Å². The topological polar surface area (TPSA) is 70.6 Å². The molecule has 4 rings (SSSR count). The van der Waals surface area contributed by atoms with Crippen LogP contribution in [0.25, 0.3) is 0 Å². The molecule has 1 aromatic heterocycles. The first kappa shape index (κ1) is 17.0. The lowest BCUT2D eigenvalue weighted by Crippen LogP contribution is -2.40. The number of aromatic nitrogens is 1. The fraction of sp³-hybridized carbons (Fsp3) is 0.667. The molecule has 2 saturated heterocycles. The van der Waals surface area contributed by atoms with Crippen molar-refractivity contribution in [3.63, 3.8) is 0 Å². The largest absolute Gasteiger partial charge is 0.342 e. The maximum atomic E-state index is 13.0. The standard InChI is InChI=1S/C18H25N3O3S/c22-18(15-2-1-3-15)20-10-6-16-13-21(12-14-4-8-19-9-5-14)25(23,24)17(16)7-11-20/h4-5,8-9,15-17H,1-3,6-7,10-13H2/t16-,17-/m1/s1. The van der Waals surface area contributed by atoms with Gasteiger partial charge in [0.2, 0.25) is 15.9 Å². The lowest BCUT2D eigenvalue weighted by Gasteiger charge is -2.31. The molecular weight excluding hydrogens is 338 g/mol. The zero-order valence-electron chi connectivity index (χ0n) is 14.4. The van der Waals surface area contributed by atoms with Gasteiger partial charge in [0, 0.05) is 44.5 Å². The molecule has 0 spiro atoms. The maximum Gasteiger partial charge on any atom is 0.225 e. The predicted octanol–water partition coefficient (Wildman–Crippen LogP) is 1.63. The molecule has 25 heavy (non-hydrogen) atoms. The molecule has 0 radical (unpaired) electrons. The highest BCUT2D eigenvalue weighted by molar-refractivity contribution is 7.90. The van der Waals surface area contributed by atoms with Gasteiger partial charge in [-0.2, -0.15) is 4.31 Å². The van der Waals surface area contributed by atoms with E-state index in [9.17, 15) is 13.2 Å². The predicted molar refractivity (Wildman–Crippen MR) is 94.0 cm³/mol. The Balaban J connectivity index is 1.44. The Labute approximate surface area is 149 Å². The average molecular weight is 363 g/mol. The van der Waals surface area contributed by atoms with Crippen LogP contribution >= 0.6 is 0 Å². The van der Waals surface area contributed by atoms with Crippen LogP contribution in [0.5, 0.6) is 0 Å². The number of carbonyl (C=O) groups is 1. The van der Waals surface area contributed by atoms with Gasteiger partial charge in [0.1, 0.15) is 0 Å². The summed E-state index contributed by atoms with van der Waals surface area (Å²) in [4.78, 5) is 18.4. The first-order chi connectivity index (χ1) is 12.1. The first-order valence-corrected chi connectivity index (χ1v) is 10.7. The average Bonchev–Trinajstić information content (AvgIpc) is 2.70. The molecule has 3 aliphatic rings. The van der Waals surface area contributed by atoms with Gasteiger partial charge in [0.15, 0.2) is 0 Å². The van der Waals surface area contributed by atoms with Crippen molar-refractivity contribution in [3.8, 4) is 0 Å². The number of nitrogens with zero attached hydrogens (tertiary/aromatic N) is 3. The Morgan fingerprint density at radius 1 is 1.12 bits per heavy atom. The Bertz CT molecular complexity index is 733. The molecule has 7 heteroatoms. The minimum Gasteiger partial charge on any atom is -0.342 e. The lowest BCUT2D eigenvalue weighted by molar-refractivity contribution is -0.138. The highest BCUT2D eigenvalue weighted by atomic mass is 32.2. The summed E-state index contributed by atoms with van der Waals surface area (Å²) in [7, 11) is -3.30. The smallest absolute Gasteiger partial charge is 0.225 e. The molecule has 1 amide bonds. The van der Waals surface area contributed by atoms with Crippen LogP contribution in [0, 0.1) is 11.8 Å². The maximum absolute atomic E-state index is 13.0. The van der Waals surface area contributed by atoms with E-state index in [0.717, 1.165) is 31.2 Å². The van der Waals surface area contributed by atoms with Gasteiger partial charge in [-0.15, -0.1) is 0 Å². The normalized spacial score (nSPS) is 29.7. The van der Waals surface area contributed by atoms with Crippen molar-refractivity contribution in [1.82, 2.24) is 14.2 Å². The molecule has 1 aromatic rings. The summed E-state index contributed by atoms with van der Waals surface area (Å²) >= 11 is 0. The molecule has 2 aliphatic heterocycles. The number of likely N-dealkylation sites (tertiary alicyclic amines) is 1. The lowest BCUT2D eigenvalue weighted by atomic mass is 9.84. The van der Waals surface area contributed by atoms with E-state index < -0.39 is 10.0 Å². The third-order valence-electron chi connectivity index (χ3n) is 6.03. The Morgan fingerprint density at radius 3 is 2.52 bits per heavy atom. The van der Waals surface area contributed by atoms with Gasteiger partial charge in [-0.1, -0.05) is 6.42 Å². The SMILES string of the molecule is O=C(C1CCC1)N1CC[C@@H]2CN(Cc3ccncc3)S(=O)(=O)[C@@H]2CC1. The number of amides is 1. The molecule has 0 unspecified atom stereocenters. The van der Waals surface area contributed by atoms with Crippen molar-refractivity contribution in [2.75, 3.05) is 19.6 Å². The van der Waals surface area contributed by atoms with Crippen LogP contribution in [-0.4, -0.2) is 53.4 Å². The van der Waals surface area contributed by atoms with E-state index in [1.807, 2.05) is 17.0 Å². The van der Waals surface area contributed by atoms with Crippen molar-refractivity contribution in [3.05, 3.63) is 30.1 Å². The third kappa shape index (κ3) is 3.19. The number of fused-ring (bicyclic) bond motifs is 1. The summed E-state index contributed by atoms with van der Waals surface area (Å²) < 4.78 is 27.6. The summed E-state index contributed by atoms with van der Waals surface area (Å²) in [5.74, 6) is 0.570. The number of rotatable bonds is 3. The highest BCUT2D eigenvalue weighted by Gasteiger charge is 2.47. The second-order valence-corrected chi connectivity index (χ2v) is 9.67. The van der Waals surface area contributed by atoms with Gasteiger partial charge >= 0.3 is 0 Å². The van der Waals surface area contributed by atoms with E-state index in [2.05, 4.69) is 4.98 Å². The molecule has 0 aromatic carbocycles. The minimum absolute atomic E-state index is 0.131. The quantitative estimate of drug-likeness (QED) is 0.818. The van der Waals surface area contributed by atoms with Gasteiger partial charge < -0.3 is 4.90 Å². The van der Waals surface area contributed by atoms with E-state index in [0.29, 0.717) is 32.6 Å². The number of hydrogen-bond acceptors (Lipinski definition) is 4. The number of sulfonamides is 1. The summed E-state index contributed by atoms with van der Waals surface area (Å²) in [6, 6.07) is 3.73. The zero-order chi connectivity index (χ0) is 17.4.